The van der Waals surface area contributed by atoms with Gasteiger partial charge in [0.25, 0.3) is 0 Å². The third kappa shape index (κ3) is 4.13. The highest BCUT2D eigenvalue weighted by Crippen LogP contribution is 2.48. The fraction of sp³-hybridized carbons (Fsp3) is 0. The van der Waals surface area contributed by atoms with E-state index in [9.17, 15) is 0 Å². The van der Waals surface area contributed by atoms with Gasteiger partial charge in [0.05, 0.1) is 0 Å². The molecule has 48 heavy (non-hydrogen) atoms. The van der Waals surface area contributed by atoms with Gasteiger partial charge in [-0.25, -0.2) is 0 Å². The third-order valence-corrected chi connectivity index (χ3v) is 9.92. The van der Waals surface area contributed by atoms with Gasteiger partial charge in [-0.3, -0.25) is 0 Å². The Bertz CT molecular complexity index is 2590. The maximum atomic E-state index is 3.72. The van der Waals surface area contributed by atoms with E-state index in [2.05, 4.69) is 180 Å². The molecule has 0 unspecified atom stereocenters. The predicted molar refractivity (Wildman–Crippen MR) is 204 cm³/mol. The van der Waals surface area contributed by atoms with Crippen molar-refractivity contribution in [1.29, 1.82) is 0 Å². The molecular weight excluding hydrogens is 581 g/mol. The summed E-state index contributed by atoms with van der Waals surface area (Å²) in [5.41, 5.74) is 11.9. The van der Waals surface area contributed by atoms with Crippen molar-refractivity contribution in [2.75, 3.05) is 0 Å². The van der Waals surface area contributed by atoms with Crippen LogP contribution >= 0.6 is 0 Å². The van der Waals surface area contributed by atoms with Crippen LogP contribution in [0.25, 0.3) is 98.9 Å². The van der Waals surface area contributed by atoms with Crippen LogP contribution in [0.15, 0.2) is 170 Å². The van der Waals surface area contributed by atoms with Gasteiger partial charge in [0.1, 0.15) is 0 Å². The van der Waals surface area contributed by atoms with E-state index in [0.717, 1.165) is 22.4 Å². The van der Waals surface area contributed by atoms with Gasteiger partial charge in [-0.1, -0.05) is 133 Å². The lowest BCUT2D eigenvalue weighted by Gasteiger charge is -2.21. The fourth-order valence-corrected chi connectivity index (χ4v) is 7.75. The first-order valence-electron chi connectivity index (χ1n) is 16.5. The van der Waals surface area contributed by atoms with E-state index < -0.39 is 0 Å². The number of aromatic amines is 2. The van der Waals surface area contributed by atoms with Crippen LogP contribution in [-0.4, -0.2) is 9.97 Å². The zero-order chi connectivity index (χ0) is 31.6. The maximum Gasteiger partial charge on any atom is 0.0471 e. The first-order valence-corrected chi connectivity index (χ1v) is 16.5. The highest BCUT2D eigenvalue weighted by Gasteiger charge is 2.22. The molecule has 0 aliphatic carbocycles. The zero-order valence-electron chi connectivity index (χ0n) is 26.2. The smallest absolute Gasteiger partial charge is 0.0471 e. The average molecular weight is 611 g/mol. The summed E-state index contributed by atoms with van der Waals surface area (Å²) >= 11 is 0. The van der Waals surface area contributed by atoms with Crippen LogP contribution in [0.3, 0.4) is 0 Å². The molecular formula is C46H30N2. The van der Waals surface area contributed by atoms with Crippen LogP contribution in [0, 0.1) is 0 Å². The van der Waals surface area contributed by atoms with Gasteiger partial charge in [-0.15, -0.1) is 0 Å². The highest BCUT2D eigenvalue weighted by atomic mass is 14.7. The molecule has 0 bridgehead atoms. The van der Waals surface area contributed by atoms with Crippen molar-refractivity contribution in [2.24, 2.45) is 0 Å². The summed E-state index contributed by atoms with van der Waals surface area (Å²) in [7, 11) is 0. The molecule has 0 fully saturated rings. The standard InChI is InChI=1S/C46H30N2/c1-2-14-30-26-40-39(25-29(30)13-1)45(35-19-7-5-17-33(35)43-27-31-15-3-11-23-41(31)47-43)37-21-9-10-22-38(37)46(40)36-20-8-6-18-34(36)44-28-32-16-4-12-24-42(32)48-44/h1-28,47-48H. The molecule has 0 radical (unpaired) electrons. The summed E-state index contributed by atoms with van der Waals surface area (Å²) in [6, 6.07) is 61.8. The highest BCUT2D eigenvalue weighted by molar-refractivity contribution is 6.25. The lowest BCUT2D eigenvalue weighted by molar-refractivity contribution is 1.45. The van der Waals surface area contributed by atoms with E-state index in [-0.39, 0.29) is 0 Å². The minimum atomic E-state index is 1.12. The van der Waals surface area contributed by atoms with Gasteiger partial charge in [0.15, 0.2) is 0 Å². The topological polar surface area (TPSA) is 31.6 Å². The number of H-pyrrole nitrogens is 2. The summed E-state index contributed by atoms with van der Waals surface area (Å²) in [5, 5.41) is 9.88. The third-order valence-electron chi connectivity index (χ3n) is 9.92. The van der Waals surface area contributed by atoms with E-state index in [1.54, 1.807) is 0 Å². The van der Waals surface area contributed by atoms with Gasteiger partial charge in [0.2, 0.25) is 0 Å². The zero-order valence-corrected chi connectivity index (χ0v) is 26.2. The monoisotopic (exact) mass is 610 g/mol. The second kappa shape index (κ2) is 10.6. The maximum absolute atomic E-state index is 3.72. The van der Waals surface area contributed by atoms with Crippen molar-refractivity contribution >= 4 is 54.1 Å². The normalized spacial score (nSPS) is 11.8. The Morgan fingerprint density at radius 2 is 0.625 bits per heavy atom. The molecule has 0 saturated heterocycles. The van der Waals surface area contributed by atoms with Gasteiger partial charge >= 0.3 is 0 Å². The van der Waals surface area contributed by atoms with Crippen LogP contribution in [0.1, 0.15) is 0 Å². The average Bonchev–Trinajstić information content (AvgIpc) is 3.78. The number of para-hydroxylation sites is 2. The summed E-state index contributed by atoms with van der Waals surface area (Å²) in [6.45, 7) is 0. The largest absolute Gasteiger partial charge is 0.355 e. The molecule has 2 heterocycles. The van der Waals surface area contributed by atoms with Crippen molar-refractivity contribution in [3.8, 4) is 44.8 Å². The second-order valence-corrected chi connectivity index (χ2v) is 12.7. The quantitative estimate of drug-likeness (QED) is 0.186. The lowest BCUT2D eigenvalue weighted by Crippen LogP contribution is -1.94. The Morgan fingerprint density at radius 3 is 1.06 bits per heavy atom. The van der Waals surface area contributed by atoms with Gasteiger partial charge in [-0.05, 0) is 91.0 Å². The minimum Gasteiger partial charge on any atom is -0.355 e. The predicted octanol–water partition coefficient (Wildman–Crippen LogP) is 12.8. The Morgan fingerprint density at radius 1 is 0.271 bits per heavy atom. The number of hydrogen-bond donors (Lipinski definition) is 2. The van der Waals surface area contributed by atoms with Crippen LogP contribution in [0.2, 0.25) is 0 Å². The molecule has 2 N–H and O–H groups in total. The van der Waals surface area contributed by atoms with Gasteiger partial charge in [-0.2, -0.15) is 0 Å². The number of hydrogen-bond acceptors (Lipinski definition) is 0. The molecule has 8 aromatic carbocycles. The number of fused-ring (bicyclic) bond motifs is 5. The Kier molecular flexibility index (Phi) is 5.91. The molecule has 10 rings (SSSR count). The molecule has 2 heteroatoms. The molecule has 0 aliphatic heterocycles. The molecule has 10 aromatic rings. The second-order valence-electron chi connectivity index (χ2n) is 12.7. The SMILES string of the molecule is c1ccc(-c2c3ccccc3c(-c3ccccc3-c3cc4ccccc4[nH]3)c3cc4ccccc4cc23)c(-c2cc3ccccc3[nH]2)c1. The van der Waals surface area contributed by atoms with E-state index in [0.29, 0.717) is 0 Å². The lowest BCUT2D eigenvalue weighted by atomic mass is 9.82. The van der Waals surface area contributed by atoms with Crippen molar-refractivity contribution < 1.29 is 0 Å². The first-order chi connectivity index (χ1) is 23.8. The van der Waals surface area contributed by atoms with Crippen LogP contribution in [0.4, 0.5) is 0 Å². The number of rotatable bonds is 4. The van der Waals surface area contributed by atoms with Crippen molar-refractivity contribution in [2.45, 2.75) is 0 Å². The van der Waals surface area contributed by atoms with Gasteiger partial charge in [0, 0.05) is 44.3 Å². The van der Waals surface area contributed by atoms with E-state index in [1.807, 2.05) is 0 Å². The molecule has 0 amide bonds. The Balaban J connectivity index is 1.33. The summed E-state index contributed by atoms with van der Waals surface area (Å²) in [4.78, 5) is 7.44. The molecule has 2 nitrogen and oxygen atoms in total. The Labute approximate surface area is 277 Å². The number of nitrogens with one attached hydrogen (secondary N) is 2. The Hall–Kier alpha value is -6.38. The molecule has 2 aromatic heterocycles. The van der Waals surface area contributed by atoms with Crippen LogP contribution in [0.5, 0.6) is 0 Å². The summed E-state index contributed by atoms with van der Waals surface area (Å²) in [5.74, 6) is 0. The minimum absolute atomic E-state index is 1.12. The number of aromatic nitrogens is 2. The van der Waals surface area contributed by atoms with Crippen LogP contribution < -0.4 is 0 Å². The summed E-state index contributed by atoms with van der Waals surface area (Å²) < 4.78 is 0. The molecule has 0 aliphatic rings. The number of benzene rings is 8. The van der Waals surface area contributed by atoms with Crippen molar-refractivity contribution in [1.82, 2.24) is 9.97 Å². The van der Waals surface area contributed by atoms with E-state index >= 15 is 0 Å². The molecule has 0 spiro atoms. The molecule has 0 saturated carbocycles. The molecule has 224 valence electrons. The van der Waals surface area contributed by atoms with Gasteiger partial charge < -0.3 is 9.97 Å². The summed E-state index contributed by atoms with van der Waals surface area (Å²) in [6.07, 6.45) is 0. The van der Waals surface area contributed by atoms with E-state index in [4.69, 9.17) is 0 Å². The molecule has 0 atom stereocenters. The van der Waals surface area contributed by atoms with Crippen molar-refractivity contribution in [3.63, 3.8) is 0 Å². The first kappa shape index (κ1) is 26.8. The van der Waals surface area contributed by atoms with Crippen molar-refractivity contribution in [3.05, 3.63) is 170 Å². The van der Waals surface area contributed by atoms with E-state index in [1.165, 1.54) is 76.5 Å². The van der Waals surface area contributed by atoms with Crippen LogP contribution in [-0.2, 0) is 0 Å². The fourth-order valence-electron chi connectivity index (χ4n) is 7.75.